The molecule has 0 aliphatic rings. The minimum atomic E-state index is 0.0943. The van der Waals surface area contributed by atoms with E-state index in [9.17, 15) is 5.11 Å². The number of aliphatic hydroxyl groups is 1. The molecule has 2 aromatic carbocycles. The molecule has 2 aromatic rings. The molecular formula is C16H18ClN3O2. The van der Waals surface area contributed by atoms with Crippen LogP contribution in [0, 0.1) is 0 Å². The summed E-state index contributed by atoms with van der Waals surface area (Å²) in [7, 11) is 0. The van der Waals surface area contributed by atoms with Crippen molar-refractivity contribution in [2.45, 2.75) is 6.92 Å². The molecule has 2 N–H and O–H groups in total. The zero-order valence-corrected chi connectivity index (χ0v) is 13.0. The van der Waals surface area contributed by atoms with Crippen molar-refractivity contribution < 1.29 is 10.2 Å². The molecule has 2 rings (SSSR count). The monoisotopic (exact) mass is 319 g/mol. The molecule has 5 nitrogen and oxygen atoms in total. The molecule has 0 bridgehead atoms. The first-order valence-corrected chi connectivity index (χ1v) is 7.38. The van der Waals surface area contributed by atoms with Gasteiger partial charge in [-0.15, -0.1) is 5.11 Å². The average Bonchev–Trinajstić information content (AvgIpc) is 2.52. The van der Waals surface area contributed by atoms with Crippen molar-refractivity contribution in [3.8, 4) is 5.75 Å². The van der Waals surface area contributed by atoms with Crippen LogP contribution in [0.2, 0.25) is 5.02 Å². The summed E-state index contributed by atoms with van der Waals surface area (Å²) in [6.45, 7) is 3.58. The van der Waals surface area contributed by atoms with Gasteiger partial charge < -0.3 is 15.1 Å². The first kappa shape index (κ1) is 16.3. The van der Waals surface area contributed by atoms with E-state index in [4.69, 9.17) is 16.7 Å². The molecule has 0 aliphatic carbocycles. The van der Waals surface area contributed by atoms with E-state index in [0.717, 1.165) is 12.2 Å². The van der Waals surface area contributed by atoms with Gasteiger partial charge in [0, 0.05) is 24.8 Å². The summed E-state index contributed by atoms with van der Waals surface area (Å²) in [6.07, 6.45) is 0. The van der Waals surface area contributed by atoms with Crippen LogP contribution in [-0.4, -0.2) is 29.9 Å². The number of phenols is 1. The lowest BCUT2D eigenvalue weighted by Crippen LogP contribution is -2.25. The Hall–Kier alpha value is -2.11. The number of nitrogens with zero attached hydrogens (tertiary/aromatic N) is 3. The summed E-state index contributed by atoms with van der Waals surface area (Å²) in [6, 6.07) is 12.1. The third kappa shape index (κ3) is 4.19. The maximum Gasteiger partial charge on any atom is 0.117 e. The highest BCUT2D eigenvalue weighted by Crippen LogP contribution is 2.30. The summed E-state index contributed by atoms with van der Waals surface area (Å²) in [5.74, 6) is 0.0943. The Balaban J connectivity index is 2.12. The number of likely N-dealkylation sites (N-methyl/N-ethyl adjacent to an activating group) is 1. The van der Waals surface area contributed by atoms with Crippen molar-refractivity contribution in [1.82, 2.24) is 0 Å². The number of anilines is 1. The van der Waals surface area contributed by atoms with Crippen LogP contribution in [0.1, 0.15) is 6.92 Å². The summed E-state index contributed by atoms with van der Waals surface area (Å²) in [4.78, 5) is 2.07. The van der Waals surface area contributed by atoms with Gasteiger partial charge in [0.2, 0.25) is 0 Å². The first-order chi connectivity index (χ1) is 10.6. The Labute approximate surface area is 134 Å². The van der Waals surface area contributed by atoms with E-state index >= 15 is 0 Å². The Kier molecular flexibility index (Phi) is 5.75. The molecule has 22 heavy (non-hydrogen) atoms. The van der Waals surface area contributed by atoms with E-state index < -0.39 is 0 Å². The predicted octanol–water partition coefficient (Wildman–Crippen LogP) is 4.28. The molecule has 6 heteroatoms. The van der Waals surface area contributed by atoms with E-state index in [1.165, 1.54) is 12.1 Å². The fourth-order valence-electron chi connectivity index (χ4n) is 2.01. The van der Waals surface area contributed by atoms with E-state index in [2.05, 4.69) is 15.1 Å². The summed E-state index contributed by atoms with van der Waals surface area (Å²) in [5, 5.41) is 26.9. The maximum atomic E-state index is 9.29. The number of aliphatic hydroxyl groups excluding tert-OH is 1. The molecule has 0 fully saturated rings. The number of rotatable bonds is 6. The molecule has 116 valence electrons. The third-order valence-corrected chi connectivity index (χ3v) is 3.47. The smallest absolute Gasteiger partial charge is 0.117 e. The number of hydrogen-bond acceptors (Lipinski definition) is 5. The van der Waals surface area contributed by atoms with Crippen molar-refractivity contribution in [2.24, 2.45) is 10.2 Å². The molecule has 0 spiro atoms. The summed E-state index contributed by atoms with van der Waals surface area (Å²) in [5.41, 5.74) is 2.23. The highest BCUT2D eigenvalue weighted by molar-refractivity contribution is 6.33. The molecule has 0 saturated heterocycles. The van der Waals surface area contributed by atoms with Gasteiger partial charge in [-0.25, -0.2) is 0 Å². The van der Waals surface area contributed by atoms with Crippen molar-refractivity contribution in [3.05, 3.63) is 47.5 Å². The Morgan fingerprint density at radius 2 is 1.82 bits per heavy atom. The second kappa shape index (κ2) is 7.77. The zero-order valence-electron chi connectivity index (χ0n) is 12.3. The van der Waals surface area contributed by atoms with Crippen LogP contribution in [0.3, 0.4) is 0 Å². The SMILES string of the molecule is CCN(CCO)c1ccc(/N=N/c2ccc(O)cc2Cl)cc1. The van der Waals surface area contributed by atoms with Crippen molar-refractivity contribution >= 4 is 28.7 Å². The standard InChI is InChI=1S/C16H18ClN3O2/c1-2-20(9-10-21)13-5-3-12(4-6-13)18-19-16-8-7-14(22)11-15(16)17/h3-8,11,21-22H,2,9-10H2,1H3/b19-18+. The van der Waals surface area contributed by atoms with Crippen LogP contribution < -0.4 is 4.90 Å². The lowest BCUT2D eigenvalue weighted by Gasteiger charge is -2.21. The number of phenolic OH excluding ortho intramolecular Hbond substituents is 1. The number of hydrogen-bond donors (Lipinski definition) is 2. The molecule has 0 heterocycles. The molecule has 0 amide bonds. The molecule has 0 aliphatic heterocycles. The number of halogens is 1. The largest absolute Gasteiger partial charge is 0.508 e. The van der Waals surface area contributed by atoms with Gasteiger partial charge in [0.15, 0.2) is 0 Å². The van der Waals surface area contributed by atoms with E-state index in [1.807, 2.05) is 31.2 Å². The molecule has 0 radical (unpaired) electrons. The van der Waals surface area contributed by atoms with Gasteiger partial charge in [0.1, 0.15) is 11.4 Å². The fraction of sp³-hybridized carbons (Fsp3) is 0.250. The Morgan fingerprint density at radius 3 is 2.41 bits per heavy atom. The summed E-state index contributed by atoms with van der Waals surface area (Å²) < 4.78 is 0. The first-order valence-electron chi connectivity index (χ1n) is 7.00. The minimum Gasteiger partial charge on any atom is -0.508 e. The van der Waals surface area contributed by atoms with Crippen LogP contribution in [0.5, 0.6) is 5.75 Å². The predicted molar refractivity (Wildman–Crippen MR) is 88.7 cm³/mol. The van der Waals surface area contributed by atoms with Gasteiger partial charge in [-0.2, -0.15) is 5.11 Å². The van der Waals surface area contributed by atoms with E-state index in [1.54, 1.807) is 6.07 Å². The highest BCUT2D eigenvalue weighted by atomic mass is 35.5. The number of azo groups is 1. The normalized spacial score (nSPS) is 11.0. The quantitative estimate of drug-likeness (QED) is 0.781. The van der Waals surface area contributed by atoms with Gasteiger partial charge in [0.05, 0.1) is 17.3 Å². The zero-order chi connectivity index (χ0) is 15.9. The van der Waals surface area contributed by atoms with Crippen LogP contribution in [0.15, 0.2) is 52.7 Å². The average molecular weight is 320 g/mol. The molecular weight excluding hydrogens is 302 g/mol. The van der Waals surface area contributed by atoms with Crippen molar-refractivity contribution in [2.75, 3.05) is 24.6 Å². The van der Waals surface area contributed by atoms with Gasteiger partial charge in [0.25, 0.3) is 0 Å². The van der Waals surface area contributed by atoms with Gasteiger partial charge >= 0.3 is 0 Å². The number of benzene rings is 2. The molecule has 0 atom stereocenters. The molecule has 0 saturated carbocycles. The Bertz CT molecular complexity index is 644. The minimum absolute atomic E-state index is 0.0943. The van der Waals surface area contributed by atoms with Gasteiger partial charge in [-0.1, -0.05) is 11.6 Å². The van der Waals surface area contributed by atoms with Gasteiger partial charge in [-0.05, 0) is 43.3 Å². The fourth-order valence-corrected chi connectivity index (χ4v) is 2.22. The lowest BCUT2D eigenvalue weighted by molar-refractivity contribution is 0.302. The lowest BCUT2D eigenvalue weighted by atomic mass is 10.2. The van der Waals surface area contributed by atoms with Gasteiger partial charge in [-0.3, -0.25) is 0 Å². The third-order valence-electron chi connectivity index (χ3n) is 3.17. The second-order valence-corrected chi connectivity index (χ2v) is 5.06. The van der Waals surface area contributed by atoms with Crippen molar-refractivity contribution in [1.29, 1.82) is 0 Å². The number of aromatic hydroxyl groups is 1. The van der Waals surface area contributed by atoms with Crippen molar-refractivity contribution in [3.63, 3.8) is 0 Å². The topological polar surface area (TPSA) is 68.4 Å². The van der Waals surface area contributed by atoms with E-state index in [0.29, 0.717) is 22.9 Å². The van der Waals surface area contributed by atoms with Crippen LogP contribution >= 0.6 is 11.6 Å². The van der Waals surface area contributed by atoms with E-state index in [-0.39, 0.29) is 12.4 Å². The summed E-state index contributed by atoms with van der Waals surface area (Å²) >= 11 is 5.97. The molecule has 0 unspecified atom stereocenters. The molecule has 0 aromatic heterocycles. The maximum absolute atomic E-state index is 9.29. The van der Waals surface area contributed by atoms with Crippen LogP contribution in [-0.2, 0) is 0 Å². The van der Waals surface area contributed by atoms with Crippen LogP contribution in [0.4, 0.5) is 17.1 Å². The second-order valence-electron chi connectivity index (χ2n) is 4.66. The highest BCUT2D eigenvalue weighted by Gasteiger charge is 2.03. The van der Waals surface area contributed by atoms with Crippen LogP contribution in [0.25, 0.3) is 0 Å². The Morgan fingerprint density at radius 1 is 1.09 bits per heavy atom.